The Morgan fingerprint density at radius 2 is 1.70 bits per heavy atom. The molecule has 0 heterocycles. The highest BCUT2D eigenvalue weighted by Gasteiger charge is 1.60. The van der Waals surface area contributed by atoms with Gasteiger partial charge in [0.1, 0.15) is 6.29 Å². The minimum absolute atomic E-state index is 0.174. The predicted molar refractivity (Wildman–Crippen MR) is 42.9 cm³/mol. The van der Waals surface area contributed by atoms with Crippen molar-refractivity contribution in [3.8, 4) is 0 Å². The average molecular weight is 144 g/mol. The fraction of sp³-hybridized carbons (Fsp3) is 0.625. The highest BCUT2D eigenvalue weighted by Crippen LogP contribution is 1.74. The number of carbonyl (C=O) groups excluding carboxylic acids is 1. The molecular formula is C8H16O2. The first-order valence-corrected chi connectivity index (χ1v) is 3.52. The lowest BCUT2D eigenvalue weighted by molar-refractivity contribution is -0.107. The predicted octanol–water partition coefficient (Wildman–Crippen LogP) is 1.54. The number of rotatable bonds is 3. The molecule has 0 atom stereocenters. The molecule has 0 bridgehead atoms. The van der Waals surface area contributed by atoms with Gasteiger partial charge in [-0.2, -0.15) is 0 Å². The Labute approximate surface area is 62.6 Å². The van der Waals surface area contributed by atoms with Crippen LogP contribution < -0.4 is 0 Å². The second-order valence-electron chi connectivity index (χ2n) is 1.64. The summed E-state index contributed by atoms with van der Waals surface area (Å²) in [6.07, 6.45) is 6.20. The zero-order valence-corrected chi connectivity index (χ0v) is 6.71. The van der Waals surface area contributed by atoms with E-state index < -0.39 is 0 Å². The number of hydrogen-bond donors (Lipinski definition) is 1. The molecule has 0 amide bonds. The number of aldehydes is 1. The van der Waals surface area contributed by atoms with Crippen molar-refractivity contribution in [3.05, 3.63) is 12.2 Å². The lowest BCUT2D eigenvalue weighted by Crippen LogP contribution is -1.67. The van der Waals surface area contributed by atoms with E-state index in [1.165, 1.54) is 0 Å². The molecule has 0 saturated carbocycles. The van der Waals surface area contributed by atoms with Crippen LogP contribution in [0.15, 0.2) is 12.2 Å². The van der Waals surface area contributed by atoms with Crippen LogP contribution in [0.25, 0.3) is 0 Å². The summed E-state index contributed by atoms with van der Waals surface area (Å²) in [5, 5.41) is 8.11. The third kappa shape index (κ3) is 26.3. The maximum Gasteiger partial charge on any atom is 0.119 e. The average Bonchev–Trinajstić information content (AvgIpc) is 2.01. The topological polar surface area (TPSA) is 37.3 Å². The summed E-state index contributed by atoms with van der Waals surface area (Å²) in [7, 11) is 0. The lowest BCUT2D eigenvalue weighted by atomic mass is 10.4. The van der Waals surface area contributed by atoms with E-state index in [1.54, 1.807) is 6.08 Å². The quantitative estimate of drug-likeness (QED) is 0.482. The Morgan fingerprint density at radius 3 is 1.80 bits per heavy atom. The minimum Gasteiger partial charge on any atom is -0.392 e. The van der Waals surface area contributed by atoms with Crippen molar-refractivity contribution in [1.29, 1.82) is 0 Å². The molecule has 0 aliphatic heterocycles. The second kappa shape index (κ2) is 15.8. The Balaban J connectivity index is 0. The van der Waals surface area contributed by atoms with Gasteiger partial charge in [0.2, 0.25) is 0 Å². The van der Waals surface area contributed by atoms with Crippen molar-refractivity contribution in [2.75, 3.05) is 6.61 Å². The zero-order valence-electron chi connectivity index (χ0n) is 6.71. The van der Waals surface area contributed by atoms with Crippen LogP contribution in [-0.2, 0) is 4.79 Å². The molecule has 2 nitrogen and oxygen atoms in total. The van der Waals surface area contributed by atoms with Crippen LogP contribution >= 0.6 is 0 Å². The molecule has 0 saturated heterocycles. The SMILES string of the molecule is CCC=CCO.CCC=O. The van der Waals surface area contributed by atoms with Crippen LogP contribution in [0.1, 0.15) is 26.7 Å². The van der Waals surface area contributed by atoms with E-state index in [1.807, 2.05) is 19.9 Å². The van der Waals surface area contributed by atoms with Gasteiger partial charge in [-0.05, 0) is 6.42 Å². The van der Waals surface area contributed by atoms with Gasteiger partial charge in [0, 0.05) is 6.42 Å². The number of aliphatic hydroxyl groups is 1. The third-order valence-electron chi connectivity index (χ3n) is 0.674. The molecule has 10 heavy (non-hydrogen) atoms. The van der Waals surface area contributed by atoms with Crippen molar-refractivity contribution in [3.63, 3.8) is 0 Å². The van der Waals surface area contributed by atoms with Gasteiger partial charge < -0.3 is 9.90 Å². The maximum atomic E-state index is 9.17. The maximum absolute atomic E-state index is 9.17. The number of carbonyl (C=O) groups is 1. The Morgan fingerprint density at radius 1 is 1.20 bits per heavy atom. The first-order valence-electron chi connectivity index (χ1n) is 3.52. The largest absolute Gasteiger partial charge is 0.392 e. The Hall–Kier alpha value is -0.630. The van der Waals surface area contributed by atoms with Crippen molar-refractivity contribution in [2.24, 2.45) is 0 Å². The Bertz CT molecular complexity index is 71.3. The molecule has 0 aromatic rings. The van der Waals surface area contributed by atoms with Crippen molar-refractivity contribution < 1.29 is 9.90 Å². The first kappa shape index (κ1) is 12.1. The number of allylic oxidation sites excluding steroid dienone is 1. The molecule has 0 spiro atoms. The van der Waals surface area contributed by atoms with Gasteiger partial charge >= 0.3 is 0 Å². The van der Waals surface area contributed by atoms with Gasteiger partial charge in [-0.15, -0.1) is 0 Å². The van der Waals surface area contributed by atoms with Gasteiger partial charge in [0.05, 0.1) is 6.61 Å². The van der Waals surface area contributed by atoms with Crippen LogP contribution in [0.5, 0.6) is 0 Å². The summed E-state index contributed by atoms with van der Waals surface area (Å²) < 4.78 is 0. The van der Waals surface area contributed by atoms with E-state index >= 15 is 0 Å². The monoisotopic (exact) mass is 144 g/mol. The minimum atomic E-state index is 0.174. The first-order chi connectivity index (χ1) is 4.83. The van der Waals surface area contributed by atoms with Gasteiger partial charge in [0.25, 0.3) is 0 Å². The molecule has 0 aromatic carbocycles. The van der Waals surface area contributed by atoms with Gasteiger partial charge in [0.15, 0.2) is 0 Å². The summed E-state index contributed by atoms with van der Waals surface area (Å²) in [5.41, 5.74) is 0. The van der Waals surface area contributed by atoms with E-state index in [-0.39, 0.29) is 6.61 Å². The molecule has 60 valence electrons. The van der Waals surface area contributed by atoms with Crippen LogP contribution in [0.2, 0.25) is 0 Å². The summed E-state index contributed by atoms with van der Waals surface area (Å²) in [5.74, 6) is 0. The van der Waals surface area contributed by atoms with E-state index in [0.29, 0.717) is 6.42 Å². The molecule has 0 aromatic heterocycles. The van der Waals surface area contributed by atoms with Crippen molar-refractivity contribution in [1.82, 2.24) is 0 Å². The molecule has 0 rings (SSSR count). The van der Waals surface area contributed by atoms with E-state index in [4.69, 9.17) is 5.11 Å². The fourth-order valence-electron chi connectivity index (χ4n) is 0.241. The lowest BCUT2D eigenvalue weighted by Gasteiger charge is -1.72. The molecule has 2 heteroatoms. The molecule has 0 aliphatic rings. The molecule has 0 unspecified atom stereocenters. The van der Waals surface area contributed by atoms with Gasteiger partial charge in [-0.1, -0.05) is 26.0 Å². The smallest absolute Gasteiger partial charge is 0.119 e. The standard InChI is InChI=1S/C5H10O.C3H6O/c1-2-3-4-5-6;1-2-3-4/h3-4,6H,2,5H2,1H3;3H,2H2,1H3. The van der Waals surface area contributed by atoms with Gasteiger partial charge in [-0.25, -0.2) is 0 Å². The molecule has 0 radical (unpaired) electrons. The zero-order chi connectivity index (χ0) is 8.24. The van der Waals surface area contributed by atoms with Crippen molar-refractivity contribution >= 4 is 6.29 Å². The van der Waals surface area contributed by atoms with Crippen LogP contribution in [-0.4, -0.2) is 18.0 Å². The van der Waals surface area contributed by atoms with E-state index in [0.717, 1.165) is 12.7 Å². The number of hydrogen-bond acceptors (Lipinski definition) is 2. The van der Waals surface area contributed by atoms with Crippen LogP contribution in [0, 0.1) is 0 Å². The second-order valence-corrected chi connectivity index (χ2v) is 1.64. The summed E-state index contributed by atoms with van der Waals surface area (Å²) >= 11 is 0. The van der Waals surface area contributed by atoms with Crippen LogP contribution in [0.3, 0.4) is 0 Å². The molecule has 0 aliphatic carbocycles. The highest BCUT2D eigenvalue weighted by molar-refractivity contribution is 5.48. The van der Waals surface area contributed by atoms with Gasteiger partial charge in [-0.3, -0.25) is 0 Å². The molecule has 1 N–H and O–H groups in total. The molecule has 0 fully saturated rings. The van der Waals surface area contributed by atoms with E-state index in [9.17, 15) is 4.79 Å². The summed E-state index contributed by atoms with van der Waals surface area (Å²) in [6, 6.07) is 0. The Kier molecular flexibility index (Phi) is 19.1. The van der Waals surface area contributed by atoms with Crippen molar-refractivity contribution in [2.45, 2.75) is 26.7 Å². The molecular weight excluding hydrogens is 128 g/mol. The third-order valence-corrected chi connectivity index (χ3v) is 0.674. The highest BCUT2D eigenvalue weighted by atomic mass is 16.2. The van der Waals surface area contributed by atoms with E-state index in [2.05, 4.69) is 0 Å². The van der Waals surface area contributed by atoms with Crippen LogP contribution in [0.4, 0.5) is 0 Å². The normalized spacial score (nSPS) is 8.70. The number of aliphatic hydroxyl groups excluding tert-OH is 1. The fourth-order valence-corrected chi connectivity index (χ4v) is 0.241. The summed E-state index contributed by atoms with van der Waals surface area (Å²) in [6.45, 7) is 4.02. The summed E-state index contributed by atoms with van der Waals surface area (Å²) in [4.78, 5) is 9.17.